The maximum Gasteiger partial charge on any atom is 0.415 e. The van der Waals surface area contributed by atoms with Gasteiger partial charge < -0.3 is 14.3 Å². The Balaban J connectivity index is 2.03. The summed E-state index contributed by atoms with van der Waals surface area (Å²) in [6.45, 7) is 0.435. The lowest BCUT2D eigenvalue weighted by Gasteiger charge is -2.26. The predicted molar refractivity (Wildman–Crippen MR) is 65.0 cm³/mol. The van der Waals surface area contributed by atoms with Crippen molar-refractivity contribution in [2.45, 2.75) is 37.8 Å². The minimum absolute atomic E-state index is 0.211. The monoisotopic (exact) mass is 293 g/mol. The number of likely N-dealkylation sites (tertiary alicyclic amines) is 1. The van der Waals surface area contributed by atoms with E-state index in [2.05, 4.69) is 0 Å². The second-order valence-corrected chi connectivity index (χ2v) is 4.95. The van der Waals surface area contributed by atoms with Gasteiger partial charge in [0.25, 0.3) is 0 Å². The van der Waals surface area contributed by atoms with Gasteiger partial charge in [-0.25, -0.2) is 0 Å². The Hall–Kier alpha value is -1.05. The topological polar surface area (TPSA) is 45.8 Å². The first-order valence-electron chi connectivity index (χ1n) is 6.48. The second-order valence-electron chi connectivity index (χ2n) is 4.95. The van der Waals surface area contributed by atoms with Crippen LogP contribution in [0.1, 0.15) is 30.4 Å². The molecule has 0 radical (unpaired) electrons. The number of hydrogen-bond acceptors (Lipinski definition) is 4. The molecule has 0 amide bonds. The highest BCUT2D eigenvalue weighted by atomic mass is 19.4. The summed E-state index contributed by atoms with van der Waals surface area (Å²) in [5.74, 6) is 1.27. The fourth-order valence-electron chi connectivity index (χ4n) is 2.49. The molecule has 1 aromatic heterocycles. The van der Waals surface area contributed by atoms with Crippen LogP contribution in [0.3, 0.4) is 0 Å². The summed E-state index contributed by atoms with van der Waals surface area (Å²) in [4.78, 5) is 1.62. The SMILES string of the molecule is COCc1ccc([C@@H]2CCCN2C[C@@H](O)C(F)(F)F)o1. The summed E-state index contributed by atoms with van der Waals surface area (Å²) in [7, 11) is 1.55. The van der Waals surface area contributed by atoms with Crippen LogP contribution >= 0.6 is 0 Å². The Labute approximate surface area is 115 Å². The van der Waals surface area contributed by atoms with Crippen molar-refractivity contribution in [2.75, 3.05) is 20.2 Å². The van der Waals surface area contributed by atoms with Crippen LogP contribution in [-0.4, -0.2) is 42.5 Å². The van der Waals surface area contributed by atoms with Crippen molar-refractivity contribution in [1.82, 2.24) is 4.90 Å². The van der Waals surface area contributed by atoms with Crippen molar-refractivity contribution >= 4 is 0 Å². The number of ether oxygens (including phenoxy) is 1. The van der Waals surface area contributed by atoms with Gasteiger partial charge in [-0.05, 0) is 31.5 Å². The maximum atomic E-state index is 12.4. The van der Waals surface area contributed by atoms with Crippen molar-refractivity contribution in [3.05, 3.63) is 23.7 Å². The lowest BCUT2D eigenvalue weighted by atomic mass is 10.1. The lowest BCUT2D eigenvalue weighted by molar-refractivity contribution is -0.208. The number of rotatable bonds is 5. The maximum absolute atomic E-state index is 12.4. The molecule has 0 aliphatic carbocycles. The number of nitrogens with zero attached hydrogens (tertiary/aromatic N) is 1. The van der Waals surface area contributed by atoms with Crippen LogP contribution in [0.2, 0.25) is 0 Å². The van der Waals surface area contributed by atoms with Gasteiger partial charge in [-0.2, -0.15) is 13.2 Å². The standard InChI is InChI=1S/C13H18F3NO3/c1-19-8-9-4-5-11(20-9)10-3-2-6-17(10)7-12(18)13(14,15)16/h4-5,10,12,18H,2-3,6-8H2,1H3/t10-,12+/m0/s1. The molecule has 0 bridgehead atoms. The summed E-state index contributed by atoms with van der Waals surface area (Å²) < 4.78 is 47.8. The van der Waals surface area contributed by atoms with Crippen LogP contribution in [0.15, 0.2) is 16.5 Å². The Morgan fingerprint density at radius 2 is 2.25 bits per heavy atom. The van der Waals surface area contributed by atoms with Crippen LogP contribution in [0.4, 0.5) is 13.2 Å². The molecule has 2 atom stereocenters. The molecule has 0 saturated carbocycles. The van der Waals surface area contributed by atoms with Crippen LogP contribution in [0.5, 0.6) is 0 Å². The smallest absolute Gasteiger partial charge is 0.415 e. The highest BCUT2D eigenvalue weighted by molar-refractivity contribution is 5.12. The van der Waals surface area contributed by atoms with E-state index in [1.54, 1.807) is 24.1 Å². The number of aliphatic hydroxyl groups is 1. The zero-order valence-corrected chi connectivity index (χ0v) is 11.2. The van der Waals surface area contributed by atoms with Crippen molar-refractivity contribution in [1.29, 1.82) is 0 Å². The summed E-state index contributed by atoms with van der Waals surface area (Å²) in [5, 5.41) is 9.18. The van der Waals surface area contributed by atoms with E-state index in [1.165, 1.54) is 0 Å². The Morgan fingerprint density at radius 3 is 2.90 bits per heavy atom. The Bertz CT molecular complexity index is 433. The van der Waals surface area contributed by atoms with Crippen LogP contribution in [0, 0.1) is 0 Å². The molecule has 114 valence electrons. The molecule has 0 spiro atoms. The van der Waals surface area contributed by atoms with Gasteiger partial charge >= 0.3 is 6.18 Å². The van der Waals surface area contributed by atoms with E-state index in [0.717, 1.165) is 12.8 Å². The molecule has 0 unspecified atom stereocenters. The number of halogens is 3. The summed E-state index contributed by atoms with van der Waals surface area (Å²) in [6, 6.07) is 3.31. The molecule has 4 nitrogen and oxygen atoms in total. The van der Waals surface area contributed by atoms with E-state index < -0.39 is 18.8 Å². The van der Waals surface area contributed by atoms with E-state index in [1.807, 2.05) is 0 Å². The molecule has 1 aliphatic heterocycles. The van der Waals surface area contributed by atoms with Crippen molar-refractivity contribution in [3.8, 4) is 0 Å². The molecule has 1 fully saturated rings. The number of β-amino-alcohol motifs (C(OH)–C–C–N with tert-alkyl or cyclic N) is 1. The lowest BCUT2D eigenvalue weighted by Crippen LogP contribution is -2.40. The fraction of sp³-hybridized carbons (Fsp3) is 0.692. The van der Waals surface area contributed by atoms with Crippen molar-refractivity contribution in [2.24, 2.45) is 0 Å². The van der Waals surface area contributed by atoms with Gasteiger partial charge in [-0.3, -0.25) is 4.90 Å². The number of furan rings is 1. The van der Waals surface area contributed by atoms with Crippen LogP contribution < -0.4 is 0 Å². The predicted octanol–water partition coefficient (Wildman–Crippen LogP) is 2.49. The normalized spacial score (nSPS) is 22.4. The summed E-state index contributed by atoms with van der Waals surface area (Å²) >= 11 is 0. The number of hydrogen-bond donors (Lipinski definition) is 1. The van der Waals surface area contributed by atoms with Gasteiger partial charge in [0.1, 0.15) is 18.1 Å². The first-order valence-corrected chi connectivity index (χ1v) is 6.48. The number of alkyl halides is 3. The molecule has 2 rings (SSSR count). The quantitative estimate of drug-likeness (QED) is 0.906. The molecule has 0 aromatic carbocycles. The third kappa shape index (κ3) is 3.53. The molecule has 7 heteroatoms. The highest BCUT2D eigenvalue weighted by Crippen LogP contribution is 2.34. The zero-order valence-electron chi connectivity index (χ0n) is 11.2. The number of aliphatic hydroxyl groups excluding tert-OH is 1. The number of methoxy groups -OCH3 is 1. The molecule has 20 heavy (non-hydrogen) atoms. The average molecular weight is 293 g/mol. The summed E-state index contributed by atoms with van der Waals surface area (Å²) in [5.41, 5.74) is 0. The first kappa shape index (κ1) is 15.3. The Morgan fingerprint density at radius 1 is 1.50 bits per heavy atom. The zero-order chi connectivity index (χ0) is 14.8. The molecule has 1 aliphatic rings. The van der Waals surface area contributed by atoms with Crippen molar-refractivity contribution < 1.29 is 27.4 Å². The molecular formula is C13H18F3NO3. The van der Waals surface area contributed by atoms with E-state index in [0.29, 0.717) is 24.7 Å². The molecule has 1 saturated heterocycles. The van der Waals surface area contributed by atoms with Gasteiger partial charge in [-0.1, -0.05) is 0 Å². The molecular weight excluding hydrogens is 275 g/mol. The van der Waals surface area contributed by atoms with E-state index in [-0.39, 0.29) is 6.04 Å². The molecule has 2 heterocycles. The minimum Gasteiger partial charge on any atom is -0.462 e. The average Bonchev–Trinajstić information content (AvgIpc) is 2.97. The van der Waals surface area contributed by atoms with Gasteiger partial charge in [-0.15, -0.1) is 0 Å². The summed E-state index contributed by atoms with van der Waals surface area (Å²) in [6.07, 6.45) is -5.39. The molecule has 1 N–H and O–H groups in total. The van der Waals surface area contributed by atoms with Gasteiger partial charge in [0.15, 0.2) is 6.10 Å². The minimum atomic E-state index is -4.59. The molecule has 1 aromatic rings. The Kier molecular flexibility index (Phi) is 4.72. The first-order chi connectivity index (χ1) is 9.41. The van der Waals surface area contributed by atoms with Crippen molar-refractivity contribution in [3.63, 3.8) is 0 Å². The van der Waals surface area contributed by atoms with E-state index >= 15 is 0 Å². The van der Waals surface area contributed by atoms with Gasteiger partial charge in [0.05, 0.1) is 6.04 Å². The van der Waals surface area contributed by atoms with Crippen LogP contribution in [-0.2, 0) is 11.3 Å². The van der Waals surface area contributed by atoms with Crippen LogP contribution in [0.25, 0.3) is 0 Å². The van der Waals surface area contributed by atoms with E-state index in [4.69, 9.17) is 9.15 Å². The second kappa shape index (κ2) is 6.15. The highest BCUT2D eigenvalue weighted by Gasteiger charge is 2.41. The third-order valence-electron chi connectivity index (χ3n) is 3.45. The van der Waals surface area contributed by atoms with E-state index in [9.17, 15) is 18.3 Å². The van der Waals surface area contributed by atoms with Gasteiger partial charge in [0.2, 0.25) is 0 Å². The fourth-order valence-corrected chi connectivity index (χ4v) is 2.49. The van der Waals surface area contributed by atoms with Gasteiger partial charge in [0, 0.05) is 13.7 Å². The third-order valence-corrected chi connectivity index (χ3v) is 3.45. The largest absolute Gasteiger partial charge is 0.462 e.